The van der Waals surface area contributed by atoms with Gasteiger partial charge in [-0.1, -0.05) is 26.2 Å². The maximum absolute atomic E-state index is 11.4. The molecule has 0 radical (unpaired) electrons. The highest BCUT2D eigenvalue weighted by Gasteiger charge is 2.05. The van der Waals surface area contributed by atoms with Crippen LogP contribution in [0.3, 0.4) is 0 Å². The number of unbranched alkanes of at least 4 members (excludes halogenated alkanes) is 3. The van der Waals surface area contributed by atoms with Crippen LogP contribution in [0.25, 0.3) is 0 Å². The van der Waals surface area contributed by atoms with Crippen molar-refractivity contribution in [3.05, 3.63) is 45.9 Å². The van der Waals surface area contributed by atoms with Crippen LogP contribution in [0, 0.1) is 6.92 Å². The molecule has 0 spiro atoms. The molecule has 0 atom stereocenters. The summed E-state index contributed by atoms with van der Waals surface area (Å²) in [4.78, 5) is 18.1. The Balaban J connectivity index is 1.96. The van der Waals surface area contributed by atoms with Crippen molar-refractivity contribution in [1.29, 1.82) is 0 Å². The van der Waals surface area contributed by atoms with E-state index in [0.29, 0.717) is 24.0 Å². The van der Waals surface area contributed by atoms with Crippen LogP contribution < -0.4 is 20.5 Å². The number of aromatic amines is 1. The highest BCUT2D eigenvalue weighted by molar-refractivity contribution is 5.81. The second-order valence-corrected chi connectivity index (χ2v) is 5.92. The number of nitrogens with one attached hydrogen (secondary N) is 2. The van der Waals surface area contributed by atoms with E-state index in [-0.39, 0.29) is 5.56 Å². The molecule has 0 bridgehead atoms. The van der Waals surface area contributed by atoms with Gasteiger partial charge in [0.15, 0.2) is 11.5 Å². The number of aryl methyl sites for hydroxylation is 1. The molecular formula is C19H26N4O3. The summed E-state index contributed by atoms with van der Waals surface area (Å²) in [5, 5.41) is 4.09. The molecule has 0 saturated heterocycles. The van der Waals surface area contributed by atoms with Crippen LogP contribution in [0.4, 0.5) is 5.95 Å². The minimum absolute atomic E-state index is 0.225. The van der Waals surface area contributed by atoms with Crippen LogP contribution in [0.15, 0.2) is 34.2 Å². The number of hydrogen-bond acceptors (Lipinski definition) is 6. The predicted octanol–water partition coefficient (Wildman–Crippen LogP) is 3.49. The Kier molecular flexibility index (Phi) is 7.67. The maximum Gasteiger partial charge on any atom is 0.252 e. The normalized spacial score (nSPS) is 10.9. The minimum Gasteiger partial charge on any atom is -0.493 e. The largest absolute Gasteiger partial charge is 0.493 e. The van der Waals surface area contributed by atoms with Crippen molar-refractivity contribution >= 4 is 12.2 Å². The first kappa shape index (κ1) is 19.5. The van der Waals surface area contributed by atoms with Gasteiger partial charge in [0.2, 0.25) is 5.95 Å². The van der Waals surface area contributed by atoms with E-state index in [0.717, 1.165) is 17.7 Å². The van der Waals surface area contributed by atoms with Crippen molar-refractivity contribution in [3.63, 3.8) is 0 Å². The summed E-state index contributed by atoms with van der Waals surface area (Å²) in [5.74, 6) is 1.68. The molecule has 0 aliphatic carbocycles. The molecule has 1 aromatic heterocycles. The quantitative estimate of drug-likeness (QED) is 0.385. The second-order valence-electron chi connectivity index (χ2n) is 5.92. The van der Waals surface area contributed by atoms with Gasteiger partial charge in [0, 0.05) is 11.8 Å². The van der Waals surface area contributed by atoms with Gasteiger partial charge in [-0.15, -0.1) is 0 Å². The Morgan fingerprint density at radius 1 is 1.23 bits per heavy atom. The second kappa shape index (κ2) is 10.2. The molecule has 7 heteroatoms. The van der Waals surface area contributed by atoms with Gasteiger partial charge in [-0.2, -0.15) is 5.10 Å². The Hall–Kier alpha value is -2.83. The van der Waals surface area contributed by atoms with Crippen molar-refractivity contribution < 1.29 is 9.47 Å². The molecule has 7 nitrogen and oxygen atoms in total. The summed E-state index contributed by atoms with van der Waals surface area (Å²) in [7, 11) is 1.61. The average Bonchev–Trinajstić information content (AvgIpc) is 2.61. The van der Waals surface area contributed by atoms with E-state index in [1.54, 1.807) is 20.2 Å². The number of hydrogen-bond donors (Lipinski definition) is 2. The first-order valence-corrected chi connectivity index (χ1v) is 8.80. The molecule has 2 N–H and O–H groups in total. The van der Waals surface area contributed by atoms with Gasteiger partial charge in [0.25, 0.3) is 5.56 Å². The number of methoxy groups -OCH3 is 1. The van der Waals surface area contributed by atoms with E-state index >= 15 is 0 Å². The third kappa shape index (κ3) is 6.23. The zero-order chi connectivity index (χ0) is 18.8. The van der Waals surface area contributed by atoms with Crippen LogP contribution >= 0.6 is 0 Å². The Labute approximate surface area is 153 Å². The van der Waals surface area contributed by atoms with Crippen molar-refractivity contribution in [2.24, 2.45) is 5.10 Å². The first-order valence-electron chi connectivity index (χ1n) is 8.80. The van der Waals surface area contributed by atoms with Crippen LogP contribution in [0.2, 0.25) is 0 Å². The van der Waals surface area contributed by atoms with Gasteiger partial charge in [-0.05, 0) is 37.1 Å². The number of benzene rings is 1. The molecule has 2 rings (SSSR count). The number of ether oxygens (including phenoxy) is 2. The molecule has 0 aliphatic rings. The first-order chi connectivity index (χ1) is 12.6. The Morgan fingerprint density at radius 2 is 2.08 bits per heavy atom. The van der Waals surface area contributed by atoms with E-state index in [2.05, 4.69) is 27.4 Å². The summed E-state index contributed by atoms with van der Waals surface area (Å²) in [5.41, 5.74) is 3.94. The van der Waals surface area contributed by atoms with Gasteiger partial charge in [-0.3, -0.25) is 9.78 Å². The molecule has 0 saturated carbocycles. The summed E-state index contributed by atoms with van der Waals surface area (Å²) in [6.45, 7) is 4.61. The van der Waals surface area contributed by atoms with E-state index in [9.17, 15) is 4.79 Å². The van der Waals surface area contributed by atoms with Crippen molar-refractivity contribution in [2.45, 2.75) is 39.5 Å². The third-order valence-electron chi connectivity index (χ3n) is 3.70. The fourth-order valence-corrected chi connectivity index (χ4v) is 2.39. The molecule has 26 heavy (non-hydrogen) atoms. The van der Waals surface area contributed by atoms with Crippen molar-refractivity contribution in [1.82, 2.24) is 9.97 Å². The number of nitrogens with zero attached hydrogens (tertiary/aromatic N) is 2. The fraction of sp³-hybridized carbons (Fsp3) is 0.421. The molecule has 0 fully saturated rings. The number of rotatable bonds is 10. The minimum atomic E-state index is -0.225. The molecule has 140 valence electrons. The smallest absolute Gasteiger partial charge is 0.252 e. The lowest BCUT2D eigenvalue weighted by molar-refractivity contribution is 0.285. The lowest BCUT2D eigenvalue weighted by Gasteiger charge is -2.11. The summed E-state index contributed by atoms with van der Waals surface area (Å²) >= 11 is 0. The molecular weight excluding hydrogens is 332 g/mol. The molecule has 1 heterocycles. The van der Waals surface area contributed by atoms with Gasteiger partial charge in [0.05, 0.1) is 19.9 Å². The zero-order valence-corrected chi connectivity index (χ0v) is 15.5. The van der Waals surface area contributed by atoms with E-state index in [4.69, 9.17) is 9.47 Å². The standard InChI is InChI=1S/C19H26N4O3/c1-4-5-6-7-10-26-16-9-8-15(12-17(16)25-3)13-20-23-19-21-14(2)11-18(24)22-19/h8-9,11-13H,4-7,10H2,1-3H3,(H2,21,22,23,24)/b20-13+. The lowest BCUT2D eigenvalue weighted by Crippen LogP contribution is -2.10. The molecule has 1 aromatic carbocycles. The predicted molar refractivity (Wildman–Crippen MR) is 103 cm³/mol. The number of aromatic nitrogens is 2. The van der Waals surface area contributed by atoms with E-state index in [1.165, 1.54) is 25.3 Å². The average molecular weight is 358 g/mol. The van der Waals surface area contributed by atoms with Crippen molar-refractivity contribution in [3.8, 4) is 11.5 Å². The zero-order valence-electron chi connectivity index (χ0n) is 15.5. The van der Waals surface area contributed by atoms with Crippen LogP contribution in [0.1, 0.15) is 43.9 Å². The molecule has 0 aliphatic heterocycles. The summed E-state index contributed by atoms with van der Waals surface area (Å²) < 4.78 is 11.2. The van der Waals surface area contributed by atoms with Crippen LogP contribution in [-0.4, -0.2) is 29.9 Å². The van der Waals surface area contributed by atoms with Gasteiger partial charge in [-0.25, -0.2) is 10.4 Å². The number of anilines is 1. The fourth-order valence-electron chi connectivity index (χ4n) is 2.39. The Bertz CT molecular complexity index is 787. The van der Waals surface area contributed by atoms with Crippen LogP contribution in [0.5, 0.6) is 11.5 Å². The van der Waals surface area contributed by atoms with Crippen LogP contribution in [-0.2, 0) is 0 Å². The van der Waals surface area contributed by atoms with E-state index in [1.807, 2.05) is 18.2 Å². The summed E-state index contributed by atoms with van der Waals surface area (Å²) in [6.07, 6.45) is 6.26. The molecule has 2 aromatic rings. The number of hydrazone groups is 1. The van der Waals surface area contributed by atoms with Gasteiger partial charge < -0.3 is 9.47 Å². The SMILES string of the molecule is CCCCCCOc1ccc(/C=N/Nc2nc(C)cc(=O)[nH]2)cc1OC. The monoisotopic (exact) mass is 358 g/mol. The topological polar surface area (TPSA) is 88.6 Å². The molecule has 0 unspecified atom stereocenters. The third-order valence-corrected chi connectivity index (χ3v) is 3.70. The highest BCUT2D eigenvalue weighted by atomic mass is 16.5. The van der Waals surface area contributed by atoms with Crippen molar-refractivity contribution in [2.75, 3.05) is 19.1 Å². The van der Waals surface area contributed by atoms with E-state index < -0.39 is 0 Å². The van der Waals surface area contributed by atoms with Gasteiger partial charge in [0.1, 0.15) is 0 Å². The maximum atomic E-state index is 11.4. The van der Waals surface area contributed by atoms with Gasteiger partial charge >= 0.3 is 0 Å². The lowest BCUT2D eigenvalue weighted by atomic mass is 10.2. The number of H-pyrrole nitrogens is 1. The molecule has 0 amide bonds. The highest BCUT2D eigenvalue weighted by Crippen LogP contribution is 2.27. The summed E-state index contributed by atoms with van der Waals surface area (Å²) in [6, 6.07) is 7.02. The Morgan fingerprint density at radius 3 is 2.81 bits per heavy atom.